The van der Waals surface area contributed by atoms with Crippen LogP contribution in [-0.4, -0.2) is 24.3 Å². The van der Waals surface area contributed by atoms with Crippen LogP contribution >= 0.6 is 0 Å². The maximum atomic E-state index is 12.9. The molecule has 0 heterocycles. The van der Waals surface area contributed by atoms with Crippen LogP contribution in [0.15, 0.2) is 24.3 Å². The van der Waals surface area contributed by atoms with Crippen molar-refractivity contribution in [3.63, 3.8) is 0 Å². The minimum Gasteiger partial charge on any atom is -0.389 e. The van der Waals surface area contributed by atoms with Crippen molar-refractivity contribution in [2.75, 3.05) is 18.5 Å². The van der Waals surface area contributed by atoms with Gasteiger partial charge in [0, 0.05) is 19.3 Å². The van der Waals surface area contributed by atoms with Crippen molar-refractivity contribution in [3.8, 4) is 0 Å². The molecule has 0 aliphatic rings. The fourth-order valence-electron chi connectivity index (χ4n) is 1.39. The number of aliphatic hydroxyl groups is 1. The molecule has 1 aromatic carbocycles. The second-order valence-electron chi connectivity index (χ2n) is 4.15. The molecule has 0 fully saturated rings. The van der Waals surface area contributed by atoms with Crippen LogP contribution in [-0.2, 0) is 0 Å². The summed E-state index contributed by atoms with van der Waals surface area (Å²) in [5, 5.41) is 9.58. The Bertz CT molecular complexity index is 306. The molecule has 78 valence electrons. The Morgan fingerprint density at radius 3 is 2.57 bits per heavy atom. The number of likely N-dealkylation sites (N-methyl/N-ethyl adjacent to an activating group) is 1. The zero-order valence-electron chi connectivity index (χ0n) is 8.79. The molecule has 0 radical (unpaired) electrons. The van der Waals surface area contributed by atoms with Gasteiger partial charge in [0.2, 0.25) is 0 Å². The van der Waals surface area contributed by atoms with E-state index in [1.165, 1.54) is 12.1 Å². The van der Waals surface area contributed by atoms with Crippen LogP contribution in [0.25, 0.3) is 0 Å². The van der Waals surface area contributed by atoms with Gasteiger partial charge in [-0.15, -0.1) is 0 Å². The van der Waals surface area contributed by atoms with Crippen LogP contribution < -0.4 is 4.90 Å². The molecule has 1 rings (SSSR count). The van der Waals surface area contributed by atoms with Gasteiger partial charge in [-0.1, -0.05) is 6.07 Å². The van der Waals surface area contributed by atoms with Crippen molar-refractivity contribution in [1.82, 2.24) is 0 Å². The van der Waals surface area contributed by atoms with E-state index in [1.807, 2.05) is 18.0 Å². The predicted molar refractivity (Wildman–Crippen MR) is 56.0 cm³/mol. The molecule has 0 aliphatic heterocycles. The number of hydrogen-bond acceptors (Lipinski definition) is 2. The molecule has 0 bridgehead atoms. The lowest BCUT2D eigenvalue weighted by molar-refractivity contribution is 0.0886. The van der Waals surface area contributed by atoms with Crippen LogP contribution in [0.5, 0.6) is 0 Å². The lowest BCUT2D eigenvalue weighted by atomic mass is 10.1. The van der Waals surface area contributed by atoms with Gasteiger partial charge < -0.3 is 10.0 Å². The topological polar surface area (TPSA) is 23.5 Å². The first-order valence-electron chi connectivity index (χ1n) is 4.57. The predicted octanol–water partition coefficient (Wildman–Crippen LogP) is 2.03. The van der Waals surface area contributed by atoms with Crippen molar-refractivity contribution >= 4 is 5.69 Å². The molecule has 0 aromatic heterocycles. The molecule has 1 N–H and O–H groups in total. The van der Waals surface area contributed by atoms with E-state index >= 15 is 0 Å². The molecule has 1 aromatic rings. The first-order valence-corrected chi connectivity index (χ1v) is 4.57. The molecule has 0 saturated heterocycles. The van der Waals surface area contributed by atoms with Gasteiger partial charge in [0.25, 0.3) is 0 Å². The monoisotopic (exact) mass is 197 g/mol. The second-order valence-corrected chi connectivity index (χ2v) is 4.15. The van der Waals surface area contributed by atoms with E-state index in [0.717, 1.165) is 5.69 Å². The average Bonchev–Trinajstić information content (AvgIpc) is 2.01. The van der Waals surface area contributed by atoms with Gasteiger partial charge >= 0.3 is 0 Å². The Morgan fingerprint density at radius 2 is 2.07 bits per heavy atom. The van der Waals surface area contributed by atoms with E-state index in [0.29, 0.717) is 6.54 Å². The van der Waals surface area contributed by atoms with E-state index in [9.17, 15) is 9.50 Å². The highest BCUT2D eigenvalue weighted by Crippen LogP contribution is 2.16. The summed E-state index contributed by atoms with van der Waals surface area (Å²) in [4.78, 5) is 1.82. The maximum absolute atomic E-state index is 12.9. The van der Waals surface area contributed by atoms with Gasteiger partial charge in [-0.05, 0) is 32.0 Å². The molecular weight excluding hydrogens is 181 g/mol. The third kappa shape index (κ3) is 3.34. The quantitative estimate of drug-likeness (QED) is 0.801. The number of benzene rings is 1. The van der Waals surface area contributed by atoms with Crippen molar-refractivity contribution in [2.45, 2.75) is 19.4 Å². The highest BCUT2D eigenvalue weighted by Gasteiger charge is 2.15. The summed E-state index contributed by atoms with van der Waals surface area (Å²) in [6, 6.07) is 6.33. The largest absolute Gasteiger partial charge is 0.389 e. The molecule has 0 unspecified atom stereocenters. The molecule has 3 heteroatoms. The molecule has 0 amide bonds. The summed E-state index contributed by atoms with van der Waals surface area (Å²) in [5.41, 5.74) is -0.00623. The van der Waals surface area contributed by atoms with Crippen LogP contribution in [0.3, 0.4) is 0 Å². The van der Waals surface area contributed by atoms with E-state index in [1.54, 1.807) is 19.9 Å². The fraction of sp³-hybridized carbons (Fsp3) is 0.455. The summed E-state index contributed by atoms with van der Waals surface area (Å²) >= 11 is 0. The highest BCUT2D eigenvalue weighted by atomic mass is 19.1. The van der Waals surface area contributed by atoms with Gasteiger partial charge in [0.05, 0.1) is 5.60 Å². The minimum atomic E-state index is -0.777. The summed E-state index contributed by atoms with van der Waals surface area (Å²) in [6.45, 7) is 3.92. The standard InChI is InChI=1S/C11H16FNO/c1-11(2,14)8-13(3)10-6-4-5-9(12)7-10/h4-7,14H,8H2,1-3H3. The third-order valence-electron chi connectivity index (χ3n) is 1.87. The average molecular weight is 197 g/mol. The number of hydrogen-bond donors (Lipinski definition) is 1. The van der Waals surface area contributed by atoms with Gasteiger partial charge in [-0.25, -0.2) is 4.39 Å². The molecule has 14 heavy (non-hydrogen) atoms. The third-order valence-corrected chi connectivity index (χ3v) is 1.87. The van der Waals surface area contributed by atoms with Crippen molar-refractivity contribution < 1.29 is 9.50 Å². The first-order chi connectivity index (χ1) is 6.38. The Hall–Kier alpha value is -1.09. The van der Waals surface area contributed by atoms with E-state index in [4.69, 9.17) is 0 Å². The Kier molecular flexibility index (Phi) is 3.11. The van der Waals surface area contributed by atoms with Crippen LogP contribution in [0.2, 0.25) is 0 Å². The first kappa shape index (κ1) is 11.0. The second kappa shape index (κ2) is 3.96. The Morgan fingerprint density at radius 1 is 1.43 bits per heavy atom. The Balaban J connectivity index is 2.74. The summed E-state index contributed by atoms with van der Waals surface area (Å²) in [7, 11) is 1.83. The van der Waals surface area contributed by atoms with E-state index < -0.39 is 5.60 Å². The van der Waals surface area contributed by atoms with Crippen molar-refractivity contribution in [1.29, 1.82) is 0 Å². The SMILES string of the molecule is CN(CC(C)(C)O)c1cccc(F)c1. The van der Waals surface area contributed by atoms with E-state index in [-0.39, 0.29) is 5.82 Å². The van der Waals surface area contributed by atoms with E-state index in [2.05, 4.69) is 0 Å². The number of anilines is 1. The van der Waals surface area contributed by atoms with Crippen LogP contribution in [0.1, 0.15) is 13.8 Å². The highest BCUT2D eigenvalue weighted by molar-refractivity contribution is 5.45. The van der Waals surface area contributed by atoms with Crippen LogP contribution in [0.4, 0.5) is 10.1 Å². The lowest BCUT2D eigenvalue weighted by Crippen LogP contribution is -2.36. The minimum absolute atomic E-state index is 0.259. The van der Waals surface area contributed by atoms with Crippen molar-refractivity contribution in [2.24, 2.45) is 0 Å². The molecule has 0 aliphatic carbocycles. The molecule has 0 atom stereocenters. The molecule has 0 saturated carbocycles. The smallest absolute Gasteiger partial charge is 0.125 e. The number of rotatable bonds is 3. The normalized spacial score (nSPS) is 11.5. The Labute approximate surface area is 84.0 Å². The maximum Gasteiger partial charge on any atom is 0.125 e. The summed E-state index contributed by atoms with van der Waals surface area (Å²) < 4.78 is 12.9. The molecule has 0 spiro atoms. The lowest BCUT2D eigenvalue weighted by Gasteiger charge is -2.27. The summed E-state index contributed by atoms with van der Waals surface area (Å²) in [6.07, 6.45) is 0. The van der Waals surface area contributed by atoms with Gasteiger partial charge in [-0.3, -0.25) is 0 Å². The van der Waals surface area contributed by atoms with Gasteiger partial charge in [0.1, 0.15) is 5.82 Å². The molecule has 2 nitrogen and oxygen atoms in total. The van der Waals surface area contributed by atoms with Crippen LogP contribution in [0, 0.1) is 5.82 Å². The van der Waals surface area contributed by atoms with Crippen molar-refractivity contribution in [3.05, 3.63) is 30.1 Å². The molecular formula is C11H16FNO. The zero-order chi connectivity index (χ0) is 10.8. The van der Waals surface area contributed by atoms with Gasteiger partial charge in [-0.2, -0.15) is 0 Å². The number of halogens is 1. The number of nitrogens with zero attached hydrogens (tertiary/aromatic N) is 1. The summed E-state index contributed by atoms with van der Waals surface area (Å²) in [5.74, 6) is -0.259. The zero-order valence-corrected chi connectivity index (χ0v) is 8.79. The fourth-order valence-corrected chi connectivity index (χ4v) is 1.39. The van der Waals surface area contributed by atoms with Gasteiger partial charge in [0.15, 0.2) is 0 Å².